The van der Waals surface area contributed by atoms with E-state index < -0.39 is 0 Å². The fourth-order valence-electron chi connectivity index (χ4n) is 2.72. The molecule has 0 atom stereocenters. The Balaban J connectivity index is 0.00000320. The molecule has 0 saturated heterocycles. The predicted molar refractivity (Wildman–Crippen MR) is 128 cm³/mol. The van der Waals surface area contributed by atoms with Crippen LogP contribution in [0.5, 0.6) is 17.2 Å². The first-order valence-corrected chi connectivity index (χ1v) is 9.78. The summed E-state index contributed by atoms with van der Waals surface area (Å²) >= 11 is 1.59. The smallest absolute Gasteiger partial charge is 0.236 e. The normalized spacial score (nSPS) is 10.9. The number of benzene rings is 1. The molecule has 0 spiro atoms. The molecule has 0 aliphatic carbocycles. The third-order valence-electron chi connectivity index (χ3n) is 4.13. The van der Waals surface area contributed by atoms with E-state index in [2.05, 4.69) is 20.6 Å². The van der Waals surface area contributed by atoms with Crippen LogP contribution in [0.3, 0.4) is 0 Å². The lowest BCUT2D eigenvalue weighted by Gasteiger charge is -2.15. The number of hydrogen-bond donors (Lipinski definition) is 2. The molecule has 10 heteroatoms. The number of thiophene rings is 1. The number of halogens is 1. The molecule has 0 bridgehead atoms. The average molecular weight is 544 g/mol. The molecular weight excluding hydrogens is 519 g/mol. The Hall–Kier alpha value is -2.47. The van der Waals surface area contributed by atoms with Gasteiger partial charge in [-0.15, -0.1) is 35.3 Å². The van der Waals surface area contributed by atoms with Crippen molar-refractivity contribution in [1.29, 1.82) is 0 Å². The van der Waals surface area contributed by atoms with Crippen molar-refractivity contribution in [1.82, 2.24) is 15.6 Å². The van der Waals surface area contributed by atoms with Gasteiger partial charge in [-0.3, -0.25) is 4.99 Å². The number of aromatic nitrogens is 1. The molecule has 0 fully saturated rings. The van der Waals surface area contributed by atoms with E-state index in [1.54, 1.807) is 46.0 Å². The number of nitrogens with zero attached hydrogens (tertiary/aromatic N) is 2. The topological polar surface area (TPSA) is 90.1 Å². The van der Waals surface area contributed by atoms with Gasteiger partial charge in [-0.05, 0) is 29.1 Å². The van der Waals surface area contributed by atoms with Crippen LogP contribution in [0.1, 0.15) is 11.3 Å². The minimum absolute atomic E-state index is 0. The van der Waals surface area contributed by atoms with Crippen molar-refractivity contribution in [3.05, 3.63) is 47.2 Å². The van der Waals surface area contributed by atoms with E-state index in [-0.39, 0.29) is 24.0 Å². The maximum absolute atomic E-state index is 5.54. The lowest BCUT2D eigenvalue weighted by molar-refractivity contribution is 0.323. The molecule has 0 amide bonds. The van der Waals surface area contributed by atoms with Crippen molar-refractivity contribution in [2.24, 2.45) is 4.99 Å². The van der Waals surface area contributed by atoms with Crippen molar-refractivity contribution in [2.75, 3.05) is 28.4 Å². The van der Waals surface area contributed by atoms with Crippen molar-refractivity contribution < 1.29 is 18.6 Å². The molecule has 162 valence electrons. The maximum Gasteiger partial charge on any atom is 0.236 e. The van der Waals surface area contributed by atoms with E-state index in [1.165, 1.54) is 0 Å². The summed E-state index contributed by atoms with van der Waals surface area (Å²) in [6.45, 7) is 1.01. The summed E-state index contributed by atoms with van der Waals surface area (Å²) < 4.78 is 21.7. The minimum Gasteiger partial charge on any atom is -0.493 e. The number of oxazole rings is 1. The summed E-state index contributed by atoms with van der Waals surface area (Å²) in [6.07, 6.45) is 1.65. The number of rotatable bonds is 8. The van der Waals surface area contributed by atoms with Crippen molar-refractivity contribution in [3.8, 4) is 28.0 Å². The lowest BCUT2D eigenvalue weighted by Crippen LogP contribution is -2.36. The Morgan fingerprint density at radius 3 is 2.37 bits per heavy atom. The molecule has 2 N–H and O–H groups in total. The van der Waals surface area contributed by atoms with E-state index in [4.69, 9.17) is 18.6 Å². The largest absolute Gasteiger partial charge is 0.493 e. The number of hydrogen-bond acceptors (Lipinski definition) is 7. The molecular formula is C20H25IN4O4S. The van der Waals surface area contributed by atoms with Gasteiger partial charge in [0.1, 0.15) is 6.26 Å². The van der Waals surface area contributed by atoms with Crippen molar-refractivity contribution in [2.45, 2.75) is 13.1 Å². The molecule has 8 nitrogen and oxygen atoms in total. The Morgan fingerprint density at radius 1 is 1.10 bits per heavy atom. The van der Waals surface area contributed by atoms with Gasteiger partial charge >= 0.3 is 0 Å². The van der Waals surface area contributed by atoms with Crippen LogP contribution in [0, 0.1) is 0 Å². The number of nitrogens with one attached hydrogen (secondary N) is 2. The van der Waals surface area contributed by atoms with Gasteiger partial charge in [0.05, 0.1) is 38.4 Å². The Morgan fingerprint density at radius 2 is 1.80 bits per heavy atom. The molecule has 0 aliphatic rings. The standard InChI is InChI=1S/C20H24N4O4S.HI/c1-21-20(23-11-14-12-28-19(24-14)17-6-5-7-29-17)22-10-13-8-15(25-2)18(27-4)16(9-13)26-3;/h5-9,12H,10-11H2,1-4H3,(H2,21,22,23);1H. The highest BCUT2D eigenvalue weighted by molar-refractivity contribution is 14.0. The average Bonchev–Trinajstić information content (AvgIpc) is 3.44. The van der Waals surface area contributed by atoms with Crippen LogP contribution in [0.25, 0.3) is 10.8 Å². The van der Waals surface area contributed by atoms with Gasteiger partial charge in [-0.25, -0.2) is 4.98 Å². The third kappa shape index (κ3) is 5.79. The van der Waals surface area contributed by atoms with Crippen LogP contribution in [-0.4, -0.2) is 39.3 Å². The number of aliphatic imine (C=N–C) groups is 1. The van der Waals surface area contributed by atoms with Crippen LogP contribution >= 0.6 is 35.3 Å². The van der Waals surface area contributed by atoms with Gasteiger partial charge in [-0.1, -0.05) is 6.07 Å². The van der Waals surface area contributed by atoms with Gasteiger partial charge < -0.3 is 29.3 Å². The van der Waals surface area contributed by atoms with E-state index in [9.17, 15) is 0 Å². The Kier molecular flexibility index (Phi) is 9.24. The molecule has 0 radical (unpaired) electrons. The highest BCUT2D eigenvalue weighted by atomic mass is 127. The fraction of sp³-hybridized carbons (Fsp3) is 0.300. The van der Waals surface area contributed by atoms with Gasteiger partial charge in [-0.2, -0.15) is 0 Å². The molecule has 3 rings (SSSR count). The maximum atomic E-state index is 5.54. The summed E-state index contributed by atoms with van der Waals surface area (Å²) in [6, 6.07) is 7.74. The summed E-state index contributed by atoms with van der Waals surface area (Å²) in [5.74, 6) is 3.04. The monoisotopic (exact) mass is 544 g/mol. The minimum atomic E-state index is 0. The highest BCUT2D eigenvalue weighted by Crippen LogP contribution is 2.38. The predicted octanol–water partition coefficient (Wildman–Crippen LogP) is 3.91. The fourth-order valence-corrected chi connectivity index (χ4v) is 3.38. The van der Waals surface area contributed by atoms with Crippen LogP contribution in [0.2, 0.25) is 0 Å². The quantitative estimate of drug-likeness (QED) is 0.253. The molecule has 2 heterocycles. The number of methoxy groups -OCH3 is 3. The van der Waals surface area contributed by atoms with Gasteiger partial charge in [0.15, 0.2) is 17.5 Å². The second kappa shape index (κ2) is 11.6. The SMILES string of the molecule is CN=C(NCc1cc(OC)c(OC)c(OC)c1)NCc1coc(-c2cccs2)n1.I. The van der Waals surface area contributed by atoms with E-state index in [0.717, 1.165) is 16.1 Å². The molecule has 0 aliphatic heterocycles. The summed E-state index contributed by atoms with van der Waals surface area (Å²) in [5.41, 5.74) is 1.76. The second-order valence-corrected chi connectivity index (χ2v) is 6.88. The van der Waals surface area contributed by atoms with Crippen LogP contribution in [0.4, 0.5) is 0 Å². The number of guanidine groups is 1. The summed E-state index contributed by atoms with van der Waals surface area (Å²) in [7, 11) is 6.48. The van der Waals surface area contributed by atoms with E-state index >= 15 is 0 Å². The number of ether oxygens (including phenoxy) is 3. The molecule has 3 aromatic rings. The molecule has 2 aromatic heterocycles. The first kappa shape index (κ1) is 23.8. The summed E-state index contributed by atoms with van der Waals surface area (Å²) in [5, 5.41) is 8.48. The second-order valence-electron chi connectivity index (χ2n) is 5.93. The lowest BCUT2D eigenvalue weighted by atomic mass is 10.2. The zero-order valence-corrected chi connectivity index (χ0v) is 20.4. The van der Waals surface area contributed by atoms with E-state index in [0.29, 0.717) is 42.2 Å². The van der Waals surface area contributed by atoms with Crippen molar-refractivity contribution in [3.63, 3.8) is 0 Å². The first-order chi connectivity index (χ1) is 14.2. The first-order valence-electron chi connectivity index (χ1n) is 8.90. The molecule has 1 aromatic carbocycles. The highest BCUT2D eigenvalue weighted by Gasteiger charge is 2.13. The van der Waals surface area contributed by atoms with E-state index in [1.807, 2.05) is 29.6 Å². The van der Waals surface area contributed by atoms with Crippen LogP contribution in [0.15, 0.2) is 45.3 Å². The molecule has 30 heavy (non-hydrogen) atoms. The van der Waals surface area contributed by atoms with Crippen LogP contribution < -0.4 is 24.8 Å². The summed E-state index contributed by atoms with van der Waals surface area (Å²) in [4.78, 5) is 9.74. The zero-order chi connectivity index (χ0) is 20.6. The third-order valence-corrected chi connectivity index (χ3v) is 4.99. The Labute approximate surface area is 196 Å². The molecule has 0 saturated carbocycles. The molecule has 0 unspecified atom stereocenters. The van der Waals surface area contributed by atoms with Gasteiger partial charge in [0, 0.05) is 13.6 Å². The van der Waals surface area contributed by atoms with Gasteiger partial charge in [0.25, 0.3) is 0 Å². The van der Waals surface area contributed by atoms with Crippen LogP contribution in [-0.2, 0) is 13.1 Å². The van der Waals surface area contributed by atoms with Gasteiger partial charge in [0.2, 0.25) is 11.6 Å². The Bertz CT molecular complexity index is 935. The van der Waals surface area contributed by atoms with Crippen molar-refractivity contribution >= 4 is 41.3 Å². The zero-order valence-electron chi connectivity index (χ0n) is 17.2.